The summed E-state index contributed by atoms with van der Waals surface area (Å²) in [5.74, 6) is 0. The van der Waals surface area contributed by atoms with E-state index in [1.807, 2.05) is 29.4 Å². The van der Waals surface area contributed by atoms with Crippen molar-refractivity contribution in [3.05, 3.63) is 75.2 Å². The minimum Gasteiger partial charge on any atom is -0.362 e. The minimum atomic E-state index is -0.366. The normalized spacial score (nSPS) is 12.7. The number of fused-ring (bicyclic) bond motifs is 1. The van der Waals surface area contributed by atoms with Gasteiger partial charge in [-0.05, 0) is 18.7 Å². The van der Waals surface area contributed by atoms with Crippen LogP contribution in [0.25, 0.3) is 0 Å². The molecule has 1 aliphatic heterocycles. The monoisotopic (exact) mass is 384 g/mol. The Morgan fingerprint density at radius 3 is 2.81 bits per heavy atom. The highest BCUT2D eigenvalue weighted by atomic mass is 35.5. The van der Waals surface area contributed by atoms with E-state index in [4.69, 9.17) is 17.0 Å². The van der Waals surface area contributed by atoms with E-state index in [1.54, 1.807) is 13.1 Å². The number of H-pyrrole nitrogens is 1. The Labute approximate surface area is 162 Å². The molecule has 4 rings (SSSR count). The van der Waals surface area contributed by atoms with E-state index >= 15 is 0 Å². The van der Waals surface area contributed by atoms with Gasteiger partial charge in [-0.15, -0.1) is 0 Å². The van der Waals surface area contributed by atoms with Crippen LogP contribution in [0.2, 0.25) is 5.02 Å². The number of benzene rings is 1. The van der Waals surface area contributed by atoms with Crippen molar-refractivity contribution in [1.82, 2.24) is 19.7 Å². The van der Waals surface area contributed by atoms with Crippen LogP contribution in [-0.4, -0.2) is 32.5 Å². The van der Waals surface area contributed by atoms with Crippen LogP contribution in [0.4, 0.5) is 5.69 Å². The molecule has 0 fully saturated rings. The van der Waals surface area contributed by atoms with E-state index in [1.165, 1.54) is 17.5 Å². The van der Waals surface area contributed by atoms with Gasteiger partial charge in [0.05, 0.1) is 30.5 Å². The van der Waals surface area contributed by atoms with Crippen molar-refractivity contribution in [2.75, 3.05) is 11.4 Å². The van der Waals surface area contributed by atoms with Crippen LogP contribution in [0.1, 0.15) is 23.9 Å². The largest absolute Gasteiger partial charge is 0.362 e. The summed E-state index contributed by atoms with van der Waals surface area (Å²) in [4.78, 5) is 18.2. The molecule has 0 amide bonds. The number of nitrogens with zero attached hydrogens (tertiary/aromatic N) is 4. The van der Waals surface area contributed by atoms with Crippen molar-refractivity contribution in [3.8, 4) is 0 Å². The Balaban J connectivity index is 0.000000659. The average molecular weight is 385 g/mol. The van der Waals surface area contributed by atoms with Crippen molar-refractivity contribution in [3.63, 3.8) is 0 Å². The molecule has 0 spiro atoms. The second-order valence-electron chi connectivity index (χ2n) is 6.11. The molecular formula is C19H21ClN6O. The molecule has 27 heavy (non-hydrogen) atoms. The second-order valence-corrected chi connectivity index (χ2v) is 6.49. The molecule has 2 N–H and O–H groups in total. The molecule has 1 aliphatic rings. The molecule has 0 saturated carbocycles. The molecule has 0 saturated heterocycles. The number of nitrogens with one attached hydrogen (secondary N) is 2. The number of hydrogen-bond donors (Lipinski definition) is 2. The van der Waals surface area contributed by atoms with Crippen molar-refractivity contribution in [2.45, 2.75) is 26.4 Å². The lowest BCUT2D eigenvalue weighted by Gasteiger charge is -2.29. The quantitative estimate of drug-likeness (QED) is 0.679. The van der Waals surface area contributed by atoms with Crippen molar-refractivity contribution >= 4 is 23.5 Å². The zero-order valence-corrected chi connectivity index (χ0v) is 15.8. The van der Waals surface area contributed by atoms with E-state index < -0.39 is 0 Å². The SMILES string of the molecule is CC=N.O=c1[nH]ncc(N2CCc3c(ncn3Cc3ccccc3)C2)c1Cl. The molecular weight excluding hydrogens is 364 g/mol. The molecule has 8 heteroatoms. The fraction of sp³-hybridized carbons (Fsp3) is 0.263. The summed E-state index contributed by atoms with van der Waals surface area (Å²) >= 11 is 6.12. The highest BCUT2D eigenvalue weighted by Gasteiger charge is 2.23. The molecule has 0 radical (unpaired) electrons. The summed E-state index contributed by atoms with van der Waals surface area (Å²) in [6.45, 7) is 3.89. The highest BCUT2D eigenvalue weighted by molar-refractivity contribution is 6.32. The van der Waals surface area contributed by atoms with E-state index in [0.717, 1.165) is 25.2 Å². The first-order valence-corrected chi connectivity index (χ1v) is 9.01. The standard InChI is InChI=1S/C17H16ClN5O.C2H5N/c18-16-15(8-20-21-17(16)24)22-7-6-14-13(10-22)19-11-23(14)9-12-4-2-1-3-5-12;1-2-3/h1-5,8,11H,6-7,9-10H2,(H,21,24);2-3H,1H3. The Morgan fingerprint density at radius 1 is 1.33 bits per heavy atom. The van der Waals surface area contributed by atoms with Crippen molar-refractivity contribution < 1.29 is 0 Å². The maximum absolute atomic E-state index is 11.6. The van der Waals surface area contributed by atoms with Crippen LogP contribution >= 0.6 is 11.6 Å². The average Bonchev–Trinajstić information content (AvgIpc) is 3.07. The number of anilines is 1. The van der Waals surface area contributed by atoms with Gasteiger partial charge in [0.15, 0.2) is 0 Å². The third kappa shape index (κ3) is 4.25. The van der Waals surface area contributed by atoms with Gasteiger partial charge in [-0.1, -0.05) is 41.9 Å². The number of halogens is 1. The van der Waals surface area contributed by atoms with Crippen molar-refractivity contribution in [2.24, 2.45) is 0 Å². The molecule has 1 aromatic carbocycles. The molecule has 7 nitrogen and oxygen atoms in total. The van der Waals surface area contributed by atoms with Gasteiger partial charge < -0.3 is 14.9 Å². The molecule has 0 aliphatic carbocycles. The van der Waals surface area contributed by atoms with Gasteiger partial charge in [-0.3, -0.25) is 4.79 Å². The van der Waals surface area contributed by atoms with Gasteiger partial charge in [-0.25, -0.2) is 10.1 Å². The van der Waals surface area contributed by atoms with Gasteiger partial charge in [0.25, 0.3) is 5.56 Å². The summed E-state index contributed by atoms with van der Waals surface area (Å²) in [7, 11) is 0. The number of aromatic amines is 1. The summed E-state index contributed by atoms with van der Waals surface area (Å²) < 4.78 is 2.19. The Kier molecular flexibility index (Phi) is 6.03. The minimum absolute atomic E-state index is 0.178. The summed E-state index contributed by atoms with van der Waals surface area (Å²) in [5.41, 5.74) is 3.80. The van der Waals surface area contributed by atoms with Gasteiger partial charge >= 0.3 is 0 Å². The third-order valence-corrected chi connectivity index (χ3v) is 4.67. The highest BCUT2D eigenvalue weighted by Crippen LogP contribution is 2.27. The first-order chi connectivity index (χ1) is 13.1. The lowest BCUT2D eigenvalue weighted by molar-refractivity contribution is 0.660. The summed E-state index contributed by atoms with van der Waals surface area (Å²) in [5, 5.41) is 12.5. The van der Waals surface area contributed by atoms with E-state index in [9.17, 15) is 4.79 Å². The zero-order chi connectivity index (χ0) is 19.2. The number of hydrogen-bond acceptors (Lipinski definition) is 5. The third-order valence-electron chi connectivity index (χ3n) is 4.31. The van der Waals surface area contributed by atoms with E-state index in [0.29, 0.717) is 12.2 Å². The molecule has 0 bridgehead atoms. The maximum atomic E-state index is 11.6. The fourth-order valence-electron chi connectivity index (χ4n) is 3.09. The molecule has 2 aromatic heterocycles. The number of imidazole rings is 1. The zero-order valence-electron chi connectivity index (χ0n) is 15.0. The van der Waals surface area contributed by atoms with E-state index in [-0.39, 0.29) is 10.6 Å². The van der Waals surface area contributed by atoms with Crippen molar-refractivity contribution in [1.29, 1.82) is 5.41 Å². The Bertz CT molecular complexity index is 966. The molecule has 0 atom stereocenters. The molecule has 0 unspecified atom stereocenters. The molecule has 3 heterocycles. The van der Waals surface area contributed by atoms with Crippen LogP contribution in [0.15, 0.2) is 47.7 Å². The molecule has 3 aromatic rings. The van der Waals surface area contributed by atoms with Gasteiger partial charge in [0.1, 0.15) is 5.02 Å². The first-order valence-electron chi connectivity index (χ1n) is 8.64. The lowest BCUT2D eigenvalue weighted by Crippen LogP contribution is -2.32. The van der Waals surface area contributed by atoms with Crippen LogP contribution < -0.4 is 10.5 Å². The Hall–Kier alpha value is -2.93. The first kappa shape index (κ1) is 18.8. The van der Waals surface area contributed by atoms with Gasteiger partial charge in [0.2, 0.25) is 0 Å². The number of aromatic nitrogens is 4. The topological polar surface area (TPSA) is 90.7 Å². The second kappa shape index (κ2) is 8.64. The number of rotatable bonds is 3. The van der Waals surface area contributed by atoms with E-state index in [2.05, 4.69) is 31.9 Å². The summed E-state index contributed by atoms with van der Waals surface area (Å²) in [6, 6.07) is 10.3. The smallest absolute Gasteiger partial charge is 0.285 e. The predicted molar refractivity (Wildman–Crippen MR) is 107 cm³/mol. The predicted octanol–water partition coefficient (Wildman–Crippen LogP) is 2.89. The van der Waals surface area contributed by atoms with Crippen LogP contribution in [0, 0.1) is 5.41 Å². The van der Waals surface area contributed by atoms with Crippen LogP contribution in [-0.2, 0) is 19.5 Å². The maximum Gasteiger partial charge on any atom is 0.285 e. The fourth-order valence-corrected chi connectivity index (χ4v) is 3.30. The van der Waals surface area contributed by atoms with Crippen LogP contribution in [0.5, 0.6) is 0 Å². The molecule has 140 valence electrons. The van der Waals surface area contributed by atoms with Crippen LogP contribution in [0.3, 0.4) is 0 Å². The lowest BCUT2D eigenvalue weighted by atomic mass is 10.1. The van der Waals surface area contributed by atoms with Gasteiger partial charge in [-0.2, -0.15) is 5.10 Å². The Morgan fingerprint density at radius 2 is 2.07 bits per heavy atom. The summed E-state index contributed by atoms with van der Waals surface area (Å²) in [6.07, 6.45) is 5.58. The van der Waals surface area contributed by atoms with Gasteiger partial charge in [0, 0.05) is 25.2 Å².